The number of nitrogens with one attached hydrogen (secondary N) is 1. The Kier molecular flexibility index (Phi) is 4.38. The Balaban J connectivity index is 1.85. The molecule has 1 aliphatic heterocycles. The molecule has 24 heavy (non-hydrogen) atoms. The van der Waals surface area contributed by atoms with E-state index in [1.807, 2.05) is 69.3 Å². The van der Waals surface area contributed by atoms with E-state index in [1.54, 1.807) is 4.90 Å². The molecule has 0 unspecified atom stereocenters. The van der Waals surface area contributed by atoms with Crippen molar-refractivity contribution < 1.29 is 9.59 Å². The highest BCUT2D eigenvalue weighted by Crippen LogP contribution is 2.28. The zero-order chi connectivity index (χ0) is 17.3. The first-order valence-electron chi connectivity index (χ1n) is 8.24. The minimum Gasteiger partial charge on any atom is -0.324 e. The maximum Gasteiger partial charge on any atom is 0.255 e. The zero-order valence-electron chi connectivity index (χ0n) is 14.2. The van der Waals surface area contributed by atoms with Crippen molar-refractivity contribution in [2.24, 2.45) is 5.92 Å². The summed E-state index contributed by atoms with van der Waals surface area (Å²) in [5.41, 5.74) is 3.48. The summed E-state index contributed by atoms with van der Waals surface area (Å²) in [5.74, 6) is -0.183. The van der Waals surface area contributed by atoms with Gasteiger partial charge in [-0.1, -0.05) is 50.2 Å². The Morgan fingerprint density at radius 1 is 1.08 bits per heavy atom. The average molecular weight is 322 g/mol. The zero-order valence-corrected chi connectivity index (χ0v) is 14.2. The van der Waals surface area contributed by atoms with Gasteiger partial charge in [0.2, 0.25) is 5.91 Å². The largest absolute Gasteiger partial charge is 0.324 e. The lowest BCUT2D eigenvalue weighted by Gasteiger charge is -2.30. The summed E-state index contributed by atoms with van der Waals surface area (Å²) in [7, 11) is 0. The lowest BCUT2D eigenvalue weighted by molar-refractivity contribution is -0.122. The molecule has 1 heterocycles. The van der Waals surface area contributed by atoms with Crippen LogP contribution in [-0.2, 0) is 11.3 Å². The van der Waals surface area contributed by atoms with Crippen molar-refractivity contribution in [1.29, 1.82) is 0 Å². The minimum atomic E-state index is -0.496. The predicted molar refractivity (Wildman–Crippen MR) is 94.8 cm³/mol. The summed E-state index contributed by atoms with van der Waals surface area (Å²) in [6.07, 6.45) is 0. The van der Waals surface area contributed by atoms with Crippen LogP contribution in [0.3, 0.4) is 0 Å². The van der Waals surface area contributed by atoms with Gasteiger partial charge in [0.05, 0.1) is 0 Å². The first kappa shape index (κ1) is 16.2. The molecule has 2 amide bonds. The Hall–Kier alpha value is -2.62. The van der Waals surface area contributed by atoms with Gasteiger partial charge in [-0.2, -0.15) is 0 Å². The molecule has 4 nitrogen and oxygen atoms in total. The number of hydrogen-bond donors (Lipinski definition) is 1. The average Bonchev–Trinajstić information content (AvgIpc) is 2.87. The molecule has 2 aromatic carbocycles. The maximum atomic E-state index is 12.9. The third kappa shape index (κ3) is 2.92. The van der Waals surface area contributed by atoms with E-state index in [2.05, 4.69) is 5.32 Å². The number of fused-ring (bicyclic) bond motifs is 1. The summed E-state index contributed by atoms with van der Waals surface area (Å²) in [6, 6.07) is 14.7. The van der Waals surface area contributed by atoms with E-state index in [0.717, 1.165) is 16.8 Å². The molecule has 0 radical (unpaired) electrons. The lowest BCUT2D eigenvalue weighted by Crippen LogP contribution is -2.47. The van der Waals surface area contributed by atoms with Gasteiger partial charge < -0.3 is 10.2 Å². The summed E-state index contributed by atoms with van der Waals surface area (Å²) in [6.45, 7) is 6.38. The van der Waals surface area contributed by atoms with E-state index in [4.69, 9.17) is 0 Å². The van der Waals surface area contributed by atoms with Crippen molar-refractivity contribution in [2.75, 3.05) is 5.32 Å². The molecule has 0 fully saturated rings. The fourth-order valence-electron chi connectivity index (χ4n) is 3.23. The smallest absolute Gasteiger partial charge is 0.255 e. The number of anilines is 1. The quantitative estimate of drug-likeness (QED) is 0.935. The van der Waals surface area contributed by atoms with Crippen LogP contribution >= 0.6 is 0 Å². The van der Waals surface area contributed by atoms with Crippen molar-refractivity contribution >= 4 is 17.5 Å². The van der Waals surface area contributed by atoms with Crippen LogP contribution in [0.1, 0.15) is 35.3 Å². The molecular formula is C20H22N2O2. The fraction of sp³-hybridized carbons (Fsp3) is 0.300. The molecule has 1 atom stereocenters. The second-order valence-corrected chi connectivity index (χ2v) is 6.58. The number of aryl methyl sites for hydroxylation is 1. The van der Waals surface area contributed by atoms with Gasteiger partial charge in [0, 0.05) is 17.8 Å². The van der Waals surface area contributed by atoms with Crippen molar-refractivity contribution in [3.05, 3.63) is 65.2 Å². The molecule has 3 rings (SSSR count). The maximum absolute atomic E-state index is 12.9. The van der Waals surface area contributed by atoms with Gasteiger partial charge in [-0.05, 0) is 36.1 Å². The number of amides is 2. The number of carbonyl (C=O) groups excluding carboxylic acids is 2. The van der Waals surface area contributed by atoms with Crippen molar-refractivity contribution in [2.45, 2.75) is 33.4 Å². The van der Waals surface area contributed by atoms with Gasteiger partial charge in [-0.25, -0.2) is 0 Å². The van der Waals surface area contributed by atoms with Crippen LogP contribution in [0.4, 0.5) is 5.69 Å². The number of carbonyl (C=O) groups is 2. The molecule has 0 aromatic heterocycles. The van der Waals surface area contributed by atoms with Crippen LogP contribution < -0.4 is 5.32 Å². The number of rotatable bonds is 4. The molecule has 4 heteroatoms. The Labute approximate surface area is 142 Å². The number of para-hydroxylation sites is 1. The summed E-state index contributed by atoms with van der Waals surface area (Å²) in [5, 5.41) is 2.98. The second kappa shape index (κ2) is 6.48. The number of nitrogens with zero attached hydrogens (tertiary/aromatic N) is 1. The monoisotopic (exact) mass is 322 g/mol. The van der Waals surface area contributed by atoms with Crippen LogP contribution in [0, 0.1) is 12.8 Å². The van der Waals surface area contributed by atoms with Gasteiger partial charge in [-0.15, -0.1) is 0 Å². The molecule has 0 spiro atoms. The van der Waals surface area contributed by atoms with Crippen molar-refractivity contribution in [3.8, 4) is 0 Å². The highest BCUT2D eigenvalue weighted by atomic mass is 16.2. The summed E-state index contributed by atoms with van der Waals surface area (Å²) in [4.78, 5) is 27.3. The fourth-order valence-corrected chi connectivity index (χ4v) is 3.23. The van der Waals surface area contributed by atoms with Gasteiger partial charge in [-0.3, -0.25) is 9.59 Å². The first-order chi connectivity index (χ1) is 11.5. The van der Waals surface area contributed by atoms with Gasteiger partial charge in [0.15, 0.2) is 0 Å². The normalized spacial score (nSPS) is 14.7. The Bertz CT molecular complexity index is 783. The highest BCUT2D eigenvalue weighted by molar-refractivity contribution is 6.03. The predicted octanol–water partition coefficient (Wildman–Crippen LogP) is 3.61. The third-order valence-corrected chi connectivity index (χ3v) is 4.49. The number of hydrogen-bond acceptors (Lipinski definition) is 2. The van der Waals surface area contributed by atoms with Crippen LogP contribution in [0.25, 0.3) is 0 Å². The van der Waals surface area contributed by atoms with E-state index < -0.39 is 6.04 Å². The standard InChI is InChI=1S/C20H22N2O2/c1-13(2)18(19(23)21-17-11-7-4-8-14(17)3)22-12-15-9-5-6-10-16(15)20(22)24/h4-11,13,18H,12H2,1-3H3,(H,21,23)/t18-/m0/s1. The van der Waals surface area contributed by atoms with Crippen LogP contribution in [0.15, 0.2) is 48.5 Å². The topological polar surface area (TPSA) is 49.4 Å². The van der Waals surface area contributed by atoms with E-state index in [0.29, 0.717) is 12.1 Å². The second-order valence-electron chi connectivity index (χ2n) is 6.58. The van der Waals surface area contributed by atoms with Crippen LogP contribution in [-0.4, -0.2) is 22.8 Å². The van der Waals surface area contributed by atoms with Crippen molar-refractivity contribution in [3.63, 3.8) is 0 Å². The molecule has 2 aromatic rings. The molecule has 0 saturated carbocycles. The first-order valence-corrected chi connectivity index (χ1v) is 8.24. The minimum absolute atomic E-state index is 0.0206. The van der Waals surface area contributed by atoms with Crippen molar-refractivity contribution in [1.82, 2.24) is 4.90 Å². The number of benzene rings is 2. The van der Waals surface area contributed by atoms with Gasteiger partial charge in [0.1, 0.15) is 6.04 Å². The Morgan fingerprint density at radius 2 is 1.75 bits per heavy atom. The molecule has 0 aliphatic carbocycles. The van der Waals surface area contributed by atoms with Crippen LogP contribution in [0.2, 0.25) is 0 Å². The van der Waals surface area contributed by atoms with E-state index in [9.17, 15) is 9.59 Å². The van der Waals surface area contributed by atoms with E-state index >= 15 is 0 Å². The van der Waals surface area contributed by atoms with Crippen LogP contribution in [0.5, 0.6) is 0 Å². The lowest BCUT2D eigenvalue weighted by atomic mass is 10.0. The van der Waals surface area contributed by atoms with Gasteiger partial charge in [0.25, 0.3) is 5.91 Å². The molecule has 1 N–H and O–H groups in total. The van der Waals surface area contributed by atoms with Gasteiger partial charge >= 0.3 is 0 Å². The molecule has 0 saturated heterocycles. The molecule has 0 bridgehead atoms. The third-order valence-electron chi connectivity index (χ3n) is 4.49. The highest BCUT2D eigenvalue weighted by Gasteiger charge is 2.37. The summed E-state index contributed by atoms with van der Waals surface area (Å²) >= 11 is 0. The Morgan fingerprint density at radius 3 is 2.42 bits per heavy atom. The van der Waals surface area contributed by atoms with E-state index in [-0.39, 0.29) is 17.7 Å². The molecule has 1 aliphatic rings. The molecular weight excluding hydrogens is 300 g/mol. The molecule has 124 valence electrons. The summed E-state index contributed by atoms with van der Waals surface area (Å²) < 4.78 is 0. The van der Waals surface area contributed by atoms with E-state index in [1.165, 1.54) is 0 Å². The SMILES string of the molecule is Cc1ccccc1NC(=O)[C@H](C(C)C)N1Cc2ccccc2C1=O.